The minimum Gasteiger partial charge on any atom is -0.346 e. The monoisotopic (exact) mass is 337 g/mol. The molecule has 0 spiro atoms. The van der Waals surface area contributed by atoms with Crippen LogP contribution in [0, 0.1) is 5.82 Å². The summed E-state index contributed by atoms with van der Waals surface area (Å²) in [7, 11) is 0. The van der Waals surface area contributed by atoms with Crippen molar-refractivity contribution in [3.05, 3.63) is 69.5 Å². The van der Waals surface area contributed by atoms with Crippen molar-refractivity contribution in [1.82, 2.24) is 5.32 Å². The van der Waals surface area contributed by atoms with Gasteiger partial charge in [-0.25, -0.2) is 4.39 Å². The molecule has 0 aromatic heterocycles. The van der Waals surface area contributed by atoms with Gasteiger partial charge in [-0.15, -0.1) is 0 Å². The number of carbonyl (C=O) groups is 1. The van der Waals surface area contributed by atoms with Crippen LogP contribution in [0.3, 0.4) is 0 Å². The summed E-state index contributed by atoms with van der Waals surface area (Å²) in [6, 6.07) is 11.3. The SMILES string of the molecule is O=C(Cc1ccc(F)cc1)NC1(c2ccc(Cl)cc2Cl)CC1. The molecule has 0 aliphatic heterocycles. The van der Waals surface area contributed by atoms with Crippen LogP contribution in [0.4, 0.5) is 4.39 Å². The first kappa shape index (κ1) is 15.3. The fraction of sp³-hybridized carbons (Fsp3) is 0.235. The number of amides is 1. The van der Waals surface area contributed by atoms with Gasteiger partial charge in [0.15, 0.2) is 0 Å². The zero-order chi connectivity index (χ0) is 15.7. The van der Waals surface area contributed by atoms with Crippen molar-refractivity contribution in [3.8, 4) is 0 Å². The molecule has 0 radical (unpaired) electrons. The van der Waals surface area contributed by atoms with Crippen molar-refractivity contribution in [3.63, 3.8) is 0 Å². The minimum atomic E-state index is -0.390. The first-order valence-corrected chi connectivity index (χ1v) is 7.75. The van der Waals surface area contributed by atoms with Crippen molar-refractivity contribution in [2.24, 2.45) is 0 Å². The molecule has 2 aromatic rings. The summed E-state index contributed by atoms with van der Waals surface area (Å²) >= 11 is 12.1. The lowest BCUT2D eigenvalue weighted by Crippen LogP contribution is -2.36. The van der Waals surface area contributed by atoms with E-state index in [1.165, 1.54) is 12.1 Å². The highest BCUT2D eigenvalue weighted by atomic mass is 35.5. The van der Waals surface area contributed by atoms with Crippen molar-refractivity contribution in [2.45, 2.75) is 24.8 Å². The van der Waals surface area contributed by atoms with Gasteiger partial charge in [0, 0.05) is 10.0 Å². The zero-order valence-corrected chi connectivity index (χ0v) is 13.2. The summed E-state index contributed by atoms with van der Waals surface area (Å²) in [5.74, 6) is -0.411. The number of rotatable bonds is 4. The average Bonchev–Trinajstić information content (AvgIpc) is 3.21. The van der Waals surface area contributed by atoms with E-state index >= 15 is 0 Å². The molecular weight excluding hydrogens is 324 g/mol. The van der Waals surface area contributed by atoms with Gasteiger partial charge in [0.1, 0.15) is 5.82 Å². The number of hydrogen-bond donors (Lipinski definition) is 1. The first-order valence-electron chi connectivity index (χ1n) is 6.99. The van der Waals surface area contributed by atoms with E-state index in [1.54, 1.807) is 24.3 Å². The second kappa shape index (κ2) is 5.90. The molecule has 22 heavy (non-hydrogen) atoms. The highest BCUT2D eigenvalue weighted by Crippen LogP contribution is 2.48. The van der Waals surface area contributed by atoms with Crippen molar-refractivity contribution < 1.29 is 9.18 Å². The van der Waals surface area contributed by atoms with Gasteiger partial charge in [-0.3, -0.25) is 4.79 Å². The van der Waals surface area contributed by atoms with E-state index in [0.29, 0.717) is 10.0 Å². The summed E-state index contributed by atoms with van der Waals surface area (Å²) in [5.41, 5.74) is 1.28. The van der Waals surface area contributed by atoms with Crippen LogP contribution in [0.2, 0.25) is 10.0 Å². The van der Waals surface area contributed by atoms with Crippen LogP contribution in [0.1, 0.15) is 24.0 Å². The average molecular weight is 338 g/mol. The molecule has 114 valence electrons. The Hall–Kier alpha value is -1.58. The van der Waals surface area contributed by atoms with Crippen LogP contribution in [0.5, 0.6) is 0 Å². The Morgan fingerprint density at radius 2 is 1.82 bits per heavy atom. The molecule has 1 aliphatic carbocycles. The Kier molecular flexibility index (Phi) is 4.11. The van der Waals surface area contributed by atoms with E-state index in [2.05, 4.69) is 5.32 Å². The maximum absolute atomic E-state index is 12.9. The largest absolute Gasteiger partial charge is 0.346 e. The summed E-state index contributed by atoms with van der Waals surface area (Å²) < 4.78 is 12.9. The Morgan fingerprint density at radius 1 is 1.14 bits per heavy atom. The molecule has 1 N–H and O–H groups in total. The smallest absolute Gasteiger partial charge is 0.225 e. The van der Waals surface area contributed by atoms with Crippen LogP contribution >= 0.6 is 23.2 Å². The maximum atomic E-state index is 12.9. The summed E-state index contributed by atoms with van der Waals surface area (Å²) in [6.45, 7) is 0. The fourth-order valence-electron chi connectivity index (χ4n) is 2.56. The molecule has 1 aliphatic rings. The van der Waals surface area contributed by atoms with Crippen LogP contribution in [-0.2, 0) is 16.8 Å². The van der Waals surface area contributed by atoms with Crippen LogP contribution in [0.25, 0.3) is 0 Å². The highest BCUT2D eigenvalue weighted by Gasteiger charge is 2.46. The van der Waals surface area contributed by atoms with Crippen molar-refractivity contribution in [2.75, 3.05) is 0 Å². The normalized spacial score (nSPS) is 15.4. The van der Waals surface area contributed by atoms with E-state index in [1.807, 2.05) is 6.07 Å². The second-order valence-corrected chi connectivity index (χ2v) is 6.40. The van der Waals surface area contributed by atoms with E-state index < -0.39 is 5.54 Å². The third kappa shape index (κ3) is 3.26. The van der Waals surface area contributed by atoms with E-state index in [4.69, 9.17) is 23.2 Å². The molecule has 1 amide bonds. The molecule has 0 unspecified atom stereocenters. The van der Waals surface area contributed by atoms with Gasteiger partial charge < -0.3 is 5.32 Å². The van der Waals surface area contributed by atoms with Gasteiger partial charge in [-0.2, -0.15) is 0 Å². The molecule has 2 nitrogen and oxygen atoms in total. The van der Waals surface area contributed by atoms with Crippen molar-refractivity contribution in [1.29, 1.82) is 0 Å². The summed E-state index contributed by atoms with van der Waals surface area (Å²) in [5, 5.41) is 4.18. The third-order valence-corrected chi connectivity index (χ3v) is 4.40. The van der Waals surface area contributed by atoms with E-state index in [9.17, 15) is 9.18 Å². The molecule has 2 aromatic carbocycles. The van der Waals surface area contributed by atoms with E-state index in [0.717, 1.165) is 24.0 Å². The topological polar surface area (TPSA) is 29.1 Å². The van der Waals surface area contributed by atoms with Gasteiger partial charge in [0.25, 0.3) is 0 Å². The minimum absolute atomic E-state index is 0.102. The molecule has 1 saturated carbocycles. The third-order valence-electron chi connectivity index (χ3n) is 3.85. The fourth-order valence-corrected chi connectivity index (χ4v) is 3.15. The lowest BCUT2D eigenvalue weighted by Gasteiger charge is -2.19. The number of hydrogen-bond acceptors (Lipinski definition) is 1. The number of benzene rings is 2. The molecule has 3 rings (SSSR count). The number of halogens is 3. The lowest BCUT2D eigenvalue weighted by atomic mass is 10.0. The second-order valence-electron chi connectivity index (χ2n) is 5.56. The Bertz CT molecular complexity index is 711. The number of nitrogens with one attached hydrogen (secondary N) is 1. The maximum Gasteiger partial charge on any atom is 0.225 e. The summed E-state index contributed by atoms with van der Waals surface area (Å²) in [6.07, 6.45) is 1.92. The van der Waals surface area contributed by atoms with Gasteiger partial charge in [-0.05, 0) is 48.2 Å². The first-order chi connectivity index (χ1) is 10.5. The standard InChI is InChI=1S/C17H14Cl2FNO/c18-12-3-6-14(15(19)10-12)17(7-8-17)21-16(22)9-11-1-4-13(20)5-2-11/h1-6,10H,7-9H2,(H,21,22). The molecule has 0 atom stereocenters. The summed E-state index contributed by atoms with van der Waals surface area (Å²) in [4.78, 5) is 12.2. The van der Waals surface area contributed by atoms with Gasteiger partial charge in [0.05, 0.1) is 12.0 Å². The predicted molar refractivity (Wildman–Crippen MR) is 85.6 cm³/mol. The Morgan fingerprint density at radius 3 is 2.41 bits per heavy atom. The van der Waals surface area contributed by atoms with Gasteiger partial charge in [-0.1, -0.05) is 41.4 Å². The molecule has 0 saturated heterocycles. The highest BCUT2D eigenvalue weighted by molar-refractivity contribution is 6.35. The quantitative estimate of drug-likeness (QED) is 0.875. The molecule has 1 fully saturated rings. The zero-order valence-electron chi connectivity index (χ0n) is 11.7. The lowest BCUT2D eigenvalue weighted by molar-refractivity contribution is -0.121. The number of carbonyl (C=O) groups excluding carboxylic acids is 1. The Labute approximate surface area is 138 Å². The van der Waals surface area contributed by atoms with Crippen LogP contribution in [-0.4, -0.2) is 5.91 Å². The van der Waals surface area contributed by atoms with Gasteiger partial charge in [0.2, 0.25) is 5.91 Å². The van der Waals surface area contributed by atoms with Crippen molar-refractivity contribution >= 4 is 29.1 Å². The molecular formula is C17H14Cl2FNO. The molecule has 0 heterocycles. The molecule has 0 bridgehead atoms. The molecule has 5 heteroatoms. The van der Waals surface area contributed by atoms with Gasteiger partial charge >= 0.3 is 0 Å². The van der Waals surface area contributed by atoms with Crippen LogP contribution in [0.15, 0.2) is 42.5 Å². The van der Waals surface area contributed by atoms with E-state index in [-0.39, 0.29) is 18.1 Å². The Balaban J connectivity index is 1.72. The van der Waals surface area contributed by atoms with Crippen LogP contribution < -0.4 is 5.32 Å². The predicted octanol–water partition coefficient (Wildman–Crippen LogP) is 4.48.